The maximum atomic E-state index is 4.06. The second-order valence-corrected chi connectivity index (χ2v) is 2.09. The van der Waals surface area contributed by atoms with E-state index >= 15 is 0 Å². The van der Waals surface area contributed by atoms with E-state index in [1.807, 2.05) is 40.8 Å². The highest BCUT2D eigenvalue weighted by molar-refractivity contribution is 5.31. The highest BCUT2D eigenvalue weighted by atomic mass is 15.3. The van der Waals surface area contributed by atoms with Crippen LogP contribution in [0.2, 0.25) is 0 Å². The van der Waals surface area contributed by atoms with Crippen LogP contribution in [0.3, 0.4) is 0 Å². The van der Waals surface area contributed by atoms with Gasteiger partial charge in [-0.3, -0.25) is 4.98 Å². The van der Waals surface area contributed by atoms with Crippen molar-refractivity contribution in [2.75, 3.05) is 0 Å². The van der Waals surface area contributed by atoms with Crippen LogP contribution >= 0.6 is 0 Å². The van der Waals surface area contributed by atoms with Crippen LogP contribution in [0.5, 0.6) is 0 Å². The van der Waals surface area contributed by atoms with Crippen LogP contribution in [0.1, 0.15) is 33.4 Å². The molecule has 2 aromatic heterocycles. The first-order chi connectivity index (χ1) is 6.86. The Hall–Kier alpha value is -1.45. The van der Waals surface area contributed by atoms with E-state index in [1.165, 1.54) is 6.33 Å². The van der Waals surface area contributed by atoms with E-state index in [2.05, 4.69) is 15.1 Å². The first kappa shape index (κ1) is 12.6. The van der Waals surface area contributed by atoms with Gasteiger partial charge in [-0.1, -0.05) is 27.7 Å². The third kappa shape index (κ3) is 3.12. The van der Waals surface area contributed by atoms with Gasteiger partial charge in [0.15, 0.2) is 5.65 Å². The number of aryl methyl sites for hydroxylation is 1. The molecule has 0 N–H and O–H groups in total. The number of hydrogen-bond acceptors (Lipinski definition) is 3. The predicted molar refractivity (Wildman–Crippen MR) is 58.2 cm³/mol. The summed E-state index contributed by atoms with van der Waals surface area (Å²) < 4.78 is 1.70. The van der Waals surface area contributed by atoms with E-state index in [0.717, 1.165) is 11.3 Å². The summed E-state index contributed by atoms with van der Waals surface area (Å²) in [7, 11) is 0. The summed E-state index contributed by atoms with van der Waals surface area (Å²) >= 11 is 0. The van der Waals surface area contributed by atoms with E-state index in [4.69, 9.17) is 0 Å². The molecular formula is C10H18N4. The molecule has 0 bridgehead atoms. The van der Waals surface area contributed by atoms with Gasteiger partial charge in [0, 0.05) is 0 Å². The van der Waals surface area contributed by atoms with E-state index < -0.39 is 0 Å². The zero-order chi connectivity index (χ0) is 11.0. The van der Waals surface area contributed by atoms with Gasteiger partial charge in [0.1, 0.15) is 6.33 Å². The quantitative estimate of drug-likeness (QED) is 0.647. The number of hydrogen-bond donors (Lipinski definition) is 0. The smallest absolute Gasteiger partial charge is 0.173 e. The second-order valence-electron chi connectivity index (χ2n) is 2.09. The lowest BCUT2D eigenvalue weighted by Crippen LogP contribution is -1.90. The molecule has 2 heterocycles. The number of rotatable bonds is 0. The monoisotopic (exact) mass is 194 g/mol. The highest BCUT2D eigenvalue weighted by Crippen LogP contribution is 1.95. The van der Waals surface area contributed by atoms with Gasteiger partial charge in [0.2, 0.25) is 0 Å². The van der Waals surface area contributed by atoms with Gasteiger partial charge in [-0.25, -0.2) is 9.50 Å². The van der Waals surface area contributed by atoms with Crippen molar-refractivity contribution in [1.29, 1.82) is 0 Å². The normalized spacial score (nSPS) is 8.36. The molecule has 0 unspecified atom stereocenters. The molecule has 0 saturated heterocycles. The van der Waals surface area contributed by atoms with Crippen molar-refractivity contribution in [3.8, 4) is 0 Å². The fourth-order valence-corrected chi connectivity index (χ4v) is 0.821. The Morgan fingerprint density at radius 1 is 1.07 bits per heavy atom. The van der Waals surface area contributed by atoms with Crippen molar-refractivity contribution >= 4 is 5.65 Å². The number of fused-ring (bicyclic) bond motifs is 1. The Morgan fingerprint density at radius 2 is 1.71 bits per heavy atom. The molecule has 4 nitrogen and oxygen atoms in total. The van der Waals surface area contributed by atoms with Gasteiger partial charge in [-0.2, -0.15) is 5.10 Å². The Kier molecular flexibility index (Phi) is 6.28. The van der Waals surface area contributed by atoms with Crippen LogP contribution in [-0.2, 0) is 0 Å². The summed E-state index contributed by atoms with van der Waals surface area (Å²) in [5, 5.41) is 3.95. The lowest BCUT2D eigenvalue weighted by atomic mass is 10.5. The number of nitrogens with zero attached hydrogens (tertiary/aromatic N) is 4. The minimum absolute atomic E-state index is 0.783. The van der Waals surface area contributed by atoms with Gasteiger partial charge in [-0.05, 0) is 6.92 Å². The number of aromatic nitrogens is 4. The molecule has 0 amide bonds. The van der Waals surface area contributed by atoms with Crippen molar-refractivity contribution in [3.63, 3.8) is 0 Å². The second kappa shape index (κ2) is 7.00. The van der Waals surface area contributed by atoms with Crippen LogP contribution in [0.15, 0.2) is 18.7 Å². The molecule has 2 rings (SSSR count). The zero-order valence-electron chi connectivity index (χ0n) is 9.52. The zero-order valence-corrected chi connectivity index (χ0v) is 9.52. The van der Waals surface area contributed by atoms with E-state index in [0.29, 0.717) is 0 Å². The lowest BCUT2D eigenvalue weighted by molar-refractivity contribution is 0.928. The predicted octanol–water partition coefficient (Wildman–Crippen LogP) is 2.49. The molecule has 0 atom stereocenters. The summed E-state index contributed by atoms with van der Waals surface area (Å²) in [5.74, 6) is 0. The first-order valence-corrected chi connectivity index (χ1v) is 4.98. The van der Waals surface area contributed by atoms with E-state index in [-0.39, 0.29) is 0 Å². The van der Waals surface area contributed by atoms with Crippen molar-refractivity contribution in [1.82, 2.24) is 19.6 Å². The van der Waals surface area contributed by atoms with Gasteiger partial charge in [-0.15, -0.1) is 0 Å². The Morgan fingerprint density at radius 3 is 2.36 bits per heavy atom. The Balaban J connectivity index is 0.000000379. The summed E-state index contributed by atoms with van der Waals surface area (Å²) in [4.78, 5) is 8.01. The molecule has 2 aromatic rings. The summed E-state index contributed by atoms with van der Waals surface area (Å²) in [6.07, 6.45) is 5.04. The summed E-state index contributed by atoms with van der Waals surface area (Å²) in [6, 6.07) is 0. The third-order valence-electron chi connectivity index (χ3n) is 1.29. The molecule has 0 aliphatic rings. The third-order valence-corrected chi connectivity index (χ3v) is 1.29. The molecular weight excluding hydrogens is 176 g/mol. The van der Waals surface area contributed by atoms with Crippen LogP contribution in [0.4, 0.5) is 0 Å². The highest BCUT2D eigenvalue weighted by Gasteiger charge is 1.92. The molecule has 0 fully saturated rings. The largest absolute Gasteiger partial charge is 0.256 e. The van der Waals surface area contributed by atoms with Crippen LogP contribution in [0.25, 0.3) is 5.65 Å². The van der Waals surface area contributed by atoms with Crippen molar-refractivity contribution in [2.24, 2.45) is 0 Å². The fourth-order valence-electron chi connectivity index (χ4n) is 0.821. The molecule has 4 heteroatoms. The van der Waals surface area contributed by atoms with Crippen LogP contribution in [-0.4, -0.2) is 19.6 Å². The van der Waals surface area contributed by atoms with Gasteiger partial charge in [0.25, 0.3) is 0 Å². The standard InChI is InChI=1S/C6H6N4.2C2H6/c1-5-3-10-6(2-7-5)8-4-9-10;2*1-2/h2-4H,1H3;2*1-2H3. The van der Waals surface area contributed by atoms with Crippen LogP contribution < -0.4 is 0 Å². The minimum atomic E-state index is 0.783. The minimum Gasteiger partial charge on any atom is -0.256 e. The molecule has 0 radical (unpaired) electrons. The maximum Gasteiger partial charge on any atom is 0.173 e. The van der Waals surface area contributed by atoms with Gasteiger partial charge >= 0.3 is 0 Å². The van der Waals surface area contributed by atoms with Crippen molar-refractivity contribution < 1.29 is 0 Å². The van der Waals surface area contributed by atoms with Gasteiger partial charge < -0.3 is 0 Å². The molecule has 0 aliphatic carbocycles. The van der Waals surface area contributed by atoms with Crippen molar-refractivity contribution in [3.05, 3.63) is 24.4 Å². The molecule has 0 spiro atoms. The topological polar surface area (TPSA) is 43.1 Å². The fraction of sp³-hybridized carbons (Fsp3) is 0.500. The van der Waals surface area contributed by atoms with Crippen molar-refractivity contribution in [2.45, 2.75) is 34.6 Å². The molecule has 0 saturated carbocycles. The molecule has 14 heavy (non-hydrogen) atoms. The Bertz CT molecular complexity index is 354. The Labute approximate surface area is 85.0 Å². The average molecular weight is 194 g/mol. The summed E-state index contributed by atoms with van der Waals surface area (Å²) in [6.45, 7) is 9.92. The van der Waals surface area contributed by atoms with Gasteiger partial charge in [0.05, 0.1) is 18.1 Å². The van der Waals surface area contributed by atoms with E-state index in [9.17, 15) is 0 Å². The lowest BCUT2D eigenvalue weighted by Gasteiger charge is -1.90. The summed E-state index contributed by atoms with van der Waals surface area (Å²) in [5.41, 5.74) is 1.73. The average Bonchev–Trinajstić information content (AvgIpc) is 2.71. The molecule has 0 aromatic carbocycles. The molecule has 0 aliphatic heterocycles. The van der Waals surface area contributed by atoms with E-state index in [1.54, 1.807) is 10.7 Å². The SMILES string of the molecule is CC.CC.Cc1cn2ncnc2cn1. The first-order valence-electron chi connectivity index (χ1n) is 4.98. The van der Waals surface area contributed by atoms with Crippen LogP contribution in [0, 0.1) is 6.92 Å². The maximum absolute atomic E-state index is 4.06. The molecule has 78 valence electrons.